The number of nitrogens with one attached hydrogen (secondary N) is 2. The summed E-state index contributed by atoms with van der Waals surface area (Å²) in [5.74, 6) is 2.68. The molecule has 1 aliphatic carbocycles. The Labute approximate surface area is 241 Å². The van der Waals surface area contributed by atoms with E-state index in [4.69, 9.17) is 9.72 Å². The van der Waals surface area contributed by atoms with Crippen molar-refractivity contribution in [1.82, 2.24) is 30.0 Å². The number of ether oxygens (including phenoxy) is 1. The largest absolute Gasteiger partial charge is 0.493 e. The minimum absolute atomic E-state index is 0.0169. The van der Waals surface area contributed by atoms with Gasteiger partial charge in [-0.3, -0.25) is 4.79 Å². The van der Waals surface area contributed by atoms with E-state index in [-0.39, 0.29) is 34.9 Å². The van der Waals surface area contributed by atoms with Gasteiger partial charge in [-0.15, -0.1) is 0 Å². The van der Waals surface area contributed by atoms with Crippen molar-refractivity contribution in [3.05, 3.63) is 36.7 Å². The van der Waals surface area contributed by atoms with Crippen LogP contribution in [-0.4, -0.2) is 88.3 Å². The van der Waals surface area contributed by atoms with Gasteiger partial charge < -0.3 is 20.3 Å². The van der Waals surface area contributed by atoms with Crippen LogP contribution in [0.5, 0.6) is 5.75 Å². The molecule has 0 bridgehead atoms. The maximum Gasteiger partial charge on any atom is 0.225 e. The Bertz CT molecular complexity index is 1510. The van der Waals surface area contributed by atoms with Crippen molar-refractivity contribution < 1.29 is 17.9 Å². The molecule has 3 fully saturated rings. The summed E-state index contributed by atoms with van der Waals surface area (Å²) in [6.45, 7) is 7.04. The van der Waals surface area contributed by atoms with Gasteiger partial charge in [0.2, 0.25) is 11.9 Å². The normalized spacial score (nSPS) is 25.7. The van der Waals surface area contributed by atoms with Gasteiger partial charge >= 0.3 is 0 Å². The maximum atomic E-state index is 13.2. The number of sulfone groups is 1. The summed E-state index contributed by atoms with van der Waals surface area (Å²) >= 11 is 0. The lowest BCUT2D eigenvalue weighted by Gasteiger charge is -2.41. The van der Waals surface area contributed by atoms with Gasteiger partial charge in [-0.25, -0.2) is 18.1 Å². The molecule has 2 saturated heterocycles. The van der Waals surface area contributed by atoms with Crippen LogP contribution in [-0.2, 0) is 14.6 Å². The van der Waals surface area contributed by atoms with E-state index in [9.17, 15) is 13.2 Å². The molecular weight excluding hydrogens is 542 g/mol. The number of amides is 1. The van der Waals surface area contributed by atoms with Crippen molar-refractivity contribution in [2.75, 3.05) is 43.1 Å². The lowest BCUT2D eigenvalue weighted by atomic mass is 9.84. The number of nitrogens with zero attached hydrogens (tertiary/aromatic N) is 5. The van der Waals surface area contributed by atoms with Crippen LogP contribution in [0.2, 0.25) is 0 Å². The summed E-state index contributed by atoms with van der Waals surface area (Å²) in [6.07, 6.45) is 7.63. The number of carbonyl (C=O) groups excluding carboxylic acids is 1. The van der Waals surface area contributed by atoms with Gasteiger partial charge in [-0.05, 0) is 58.1 Å². The second kappa shape index (κ2) is 11.2. The number of piperazine rings is 1. The second-order valence-electron chi connectivity index (χ2n) is 12.3. The molecule has 1 aromatic carbocycles. The van der Waals surface area contributed by atoms with Crippen LogP contribution >= 0.6 is 0 Å². The Morgan fingerprint density at radius 3 is 2.76 bits per heavy atom. The molecule has 1 atom stereocenters. The van der Waals surface area contributed by atoms with Gasteiger partial charge in [0.25, 0.3) is 0 Å². The van der Waals surface area contributed by atoms with Gasteiger partial charge in [0.05, 0.1) is 35.2 Å². The molecule has 2 aromatic heterocycles. The average Bonchev–Trinajstić information content (AvgIpc) is 3.54. The van der Waals surface area contributed by atoms with Gasteiger partial charge in [0.15, 0.2) is 15.7 Å². The fourth-order valence-corrected chi connectivity index (χ4v) is 8.18. The molecule has 6 rings (SSSR count). The van der Waals surface area contributed by atoms with Crippen LogP contribution < -0.4 is 15.4 Å². The highest BCUT2D eigenvalue weighted by atomic mass is 32.2. The standard InChI is InChI=1S/C29H39N7O4S/c1-29(2)19-35(14-13-31-29)27(37)21-6-8-22(9-7-21)33-28-30-12-10-26(34-28)36-24-4-3-5-25(23(24)16-32-36)40-17-20-11-15-41(38,39)18-20/h3-5,10,12,16,20-22,31H,6-9,11,13-15,17-19H2,1-2H3,(H,30,33,34). The molecule has 3 aliphatic rings. The number of benzene rings is 1. The maximum absolute atomic E-state index is 13.2. The first kappa shape index (κ1) is 27.9. The summed E-state index contributed by atoms with van der Waals surface area (Å²) in [4.78, 5) is 24.4. The van der Waals surface area contributed by atoms with Crippen LogP contribution in [0.25, 0.3) is 16.7 Å². The fraction of sp³-hybridized carbons (Fsp3) is 0.586. The topological polar surface area (TPSA) is 131 Å². The Morgan fingerprint density at radius 2 is 2.00 bits per heavy atom. The molecule has 220 valence electrons. The molecule has 3 aromatic rings. The summed E-state index contributed by atoms with van der Waals surface area (Å²) in [6, 6.07) is 7.78. The number of carbonyl (C=O) groups is 1. The Hall–Kier alpha value is -3.25. The van der Waals surface area contributed by atoms with E-state index in [0.717, 1.165) is 56.2 Å². The first-order valence-corrected chi connectivity index (χ1v) is 16.4. The summed E-state index contributed by atoms with van der Waals surface area (Å²) in [7, 11) is -2.94. The highest BCUT2D eigenvalue weighted by molar-refractivity contribution is 7.91. The van der Waals surface area contributed by atoms with Crippen molar-refractivity contribution in [3.8, 4) is 11.6 Å². The zero-order valence-corrected chi connectivity index (χ0v) is 24.6. The van der Waals surface area contributed by atoms with Crippen molar-refractivity contribution in [2.24, 2.45) is 11.8 Å². The molecule has 2 aliphatic heterocycles. The Balaban J connectivity index is 1.08. The summed E-state index contributed by atoms with van der Waals surface area (Å²) in [5.41, 5.74) is 0.811. The third-order valence-corrected chi connectivity index (χ3v) is 10.4. The van der Waals surface area contributed by atoms with E-state index >= 15 is 0 Å². The summed E-state index contributed by atoms with van der Waals surface area (Å²) < 4.78 is 31.4. The minimum Gasteiger partial charge on any atom is -0.493 e. The average molecular weight is 582 g/mol. The monoisotopic (exact) mass is 581 g/mol. The van der Waals surface area contributed by atoms with Crippen LogP contribution in [0.15, 0.2) is 36.7 Å². The number of rotatable bonds is 7. The molecule has 2 N–H and O–H groups in total. The van der Waals surface area contributed by atoms with E-state index < -0.39 is 9.84 Å². The van der Waals surface area contributed by atoms with Crippen molar-refractivity contribution in [3.63, 3.8) is 0 Å². The van der Waals surface area contributed by atoms with Gasteiger partial charge in [0.1, 0.15) is 5.75 Å². The molecule has 4 heterocycles. The van der Waals surface area contributed by atoms with Crippen molar-refractivity contribution in [2.45, 2.75) is 57.5 Å². The lowest BCUT2D eigenvalue weighted by Crippen LogP contribution is -2.59. The number of hydrogen-bond donors (Lipinski definition) is 2. The molecule has 1 unspecified atom stereocenters. The highest BCUT2D eigenvalue weighted by Crippen LogP contribution is 2.30. The van der Waals surface area contributed by atoms with Crippen LogP contribution in [0.3, 0.4) is 0 Å². The lowest BCUT2D eigenvalue weighted by molar-refractivity contribution is -0.138. The number of fused-ring (bicyclic) bond motifs is 1. The third-order valence-electron chi connectivity index (χ3n) is 8.53. The molecular formula is C29H39N7O4S. The highest BCUT2D eigenvalue weighted by Gasteiger charge is 2.34. The molecule has 0 spiro atoms. The first-order chi connectivity index (χ1) is 19.7. The quantitative estimate of drug-likeness (QED) is 0.432. The zero-order chi connectivity index (χ0) is 28.6. The minimum atomic E-state index is -2.94. The number of aromatic nitrogens is 4. The first-order valence-electron chi connectivity index (χ1n) is 14.6. The molecule has 12 heteroatoms. The van der Waals surface area contributed by atoms with E-state index in [1.807, 2.05) is 29.2 Å². The number of hydrogen-bond acceptors (Lipinski definition) is 9. The Kier molecular flexibility index (Phi) is 7.62. The van der Waals surface area contributed by atoms with E-state index in [0.29, 0.717) is 36.5 Å². The van der Waals surface area contributed by atoms with Crippen molar-refractivity contribution >= 4 is 32.6 Å². The SMILES string of the molecule is CC1(C)CN(C(=O)C2CCC(Nc3nccc(-n4ncc5c(OCC6CCS(=O)(=O)C6)cccc54)n3)CC2)CCN1. The number of anilines is 1. The predicted octanol–water partition coefficient (Wildman–Crippen LogP) is 2.81. The molecule has 11 nitrogen and oxygen atoms in total. The molecule has 0 radical (unpaired) electrons. The van der Waals surface area contributed by atoms with E-state index in [1.54, 1.807) is 17.1 Å². The fourth-order valence-electron chi connectivity index (χ4n) is 6.34. The van der Waals surface area contributed by atoms with Crippen LogP contribution in [0, 0.1) is 11.8 Å². The van der Waals surface area contributed by atoms with E-state index in [1.165, 1.54) is 0 Å². The second-order valence-corrected chi connectivity index (χ2v) is 14.6. The van der Waals surface area contributed by atoms with E-state index in [2.05, 4.69) is 34.6 Å². The van der Waals surface area contributed by atoms with Crippen molar-refractivity contribution in [1.29, 1.82) is 0 Å². The van der Waals surface area contributed by atoms with Crippen LogP contribution in [0.1, 0.15) is 46.0 Å². The Morgan fingerprint density at radius 1 is 1.17 bits per heavy atom. The smallest absolute Gasteiger partial charge is 0.225 e. The van der Waals surface area contributed by atoms with Gasteiger partial charge in [-0.2, -0.15) is 10.1 Å². The van der Waals surface area contributed by atoms with Crippen LogP contribution in [0.4, 0.5) is 5.95 Å². The zero-order valence-electron chi connectivity index (χ0n) is 23.8. The molecule has 1 saturated carbocycles. The molecule has 1 amide bonds. The molecule has 41 heavy (non-hydrogen) atoms. The van der Waals surface area contributed by atoms with Gasteiger partial charge in [0, 0.05) is 55.3 Å². The summed E-state index contributed by atoms with van der Waals surface area (Å²) in [5, 5.41) is 12.4. The van der Waals surface area contributed by atoms with Gasteiger partial charge in [-0.1, -0.05) is 6.07 Å². The predicted molar refractivity (Wildman–Crippen MR) is 157 cm³/mol. The third kappa shape index (κ3) is 6.33.